The average molecular weight is 283 g/mol. The van der Waals surface area contributed by atoms with Gasteiger partial charge in [0, 0.05) is 18.6 Å². The third kappa shape index (κ3) is 5.06. The Hall–Kier alpha value is -0.610. The van der Waals surface area contributed by atoms with Crippen LogP contribution in [0.15, 0.2) is 0 Å². The van der Waals surface area contributed by atoms with Crippen molar-refractivity contribution in [1.29, 1.82) is 0 Å². The van der Waals surface area contributed by atoms with Crippen molar-refractivity contribution < 1.29 is 4.79 Å². The molecule has 0 aliphatic heterocycles. The SMILES string of the molecule is CC(C)NC(C)(CC(C)N(C)CC1CCCC1)C(N)=O. The molecule has 3 N–H and O–H groups in total. The highest BCUT2D eigenvalue weighted by molar-refractivity contribution is 5.84. The van der Waals surface area contributed by atoms with Crippen LogP contribution in [-0.4, -0.2) is 42.0 Å². The summed E-state index contributed by atoms with van der Waals surface area (Å²) >= 11 is 0. The molecule has 20 heavy (non-hydrogen) atoms. The van der Waals surface area contributed by atoms with Gasteiger partial charge in [0.05, 0.1) is 5.54 Å². The standard InChI is InChI=1S/C16H33N3O/c1-12(2)18-16(4,15(17)20)10-13(3)19(5)11-14-8-6-7-9-14/h12-14,18H,6-11H2,1-5H3,(H2,17,20). The lowest BCUT2D eigenvalue weighted by molar-refractivity contribution is -0.124. The summed E-state index contributed by atoms with van der Waals surface area (Å²) < 4.78 is 0. The molecule has 0 spiro atoms. The molecule has 1 aliphatic carbocycles. The van der Waals surface area contributed by atoms with E-state index in [4.69, 9.17) is 5.73 Å². The van der Waals surface area contributed by atoms with Crippen molar-refractivity contribution in [2.24, 2.45) is 11.7 Å². The maximum absolute atomic E-state index is 11.8. The fraction of sp³-hybridized carbons (Fsp3) is 0.938. The van der Waals surface area contributed by atoms with Gasteiger partial charge in [0.1, 0.15) is 0 Å². The van der Waals surface area contributed by atoms with Crippen LogP contribution in [0.1, 0.15) is 59.8 Å². The lowest BCUT2D eigenvalue weighted by atomic mass is 9.91. The molecular weight excluding hydrogens is 250 g/mol. The predicted octanol–water partition coefficient (Wildman–Crippen LogP) is 2.13. The molecule has 1 amide bonds. The highest BCUT2D eigenvalue weighted by atomic mass is 16.1. The number of carbonyl (C=O) groups is 1. The third-order valence-electron chi connectivity index (χ3n) is 4.63. The first-order valence-corrected chi connectivity index (χ1v) is 8.02. The molecule has 2 atom stereocenters. The van der Waals surface area contributed by atoms with Gasteiger partial charge in [-0.05, 0) is 59.9 Å². The zero-order chi connectivity index (χ0) is 15.3. The third-order valence-corrected chi connectivity index (χ3v) is 4.63. The minimum Gasteiger partial charge on any atom is -0.368 e. The summed E-state index contributed by atoms with van der Waals surface area (Å²) in [5.41, 5.74) is 4.98. The Morgan fingerprint density at radius 2 is 1.90 bits per heavy atom. The first-order chi connectivity index (χ1) is 9.24. The van der Waals surface area contributed by atoms with Crippen LogP contribution >= 0.6 is 0 Å². The molecule has 118 valence electrons. The van der Waals surface area contributed by atoms with Crippen LogP contribution in [0.4, 0.5) is 0 Å². The summed E-state index contributed by atoms with van der Waals surface area (Å²) in [5, 5.41) is 3.33. The Labute approximate surface area is 124 Å². The summed E-state index contributed by atoms with van der Waals surface area (Å²) in [5.74, 6) is 0.577. The Bertz CT molecular complexity index is 313. The molecule has 4 heteroatoms. The van der Waals surface area contributed by atoms with Crippen LogP contribution in [0.3, 0.4) is 0 Å². The lowest BCUT2D eigenvalue weighted by Crippen LogP contribution is -2.58. The molecule has 1 fully saturated rings. The maximum atomic E-state index is 11.8. The lowest BCUT2D eigenvalue weighted by Gasteiger charge is -2.36. The number of hydrogen-bond donors (Lipinski definition) is 2. The second kappa shape index (κ2) is 7.41. The Kier molecular flexibility index (Phi) is 6.46. The van der Waals surface area contributed by atoms with Gasteiger partial charge in [-0.1, -0.05) is 12.8 Å². The van der Waals surface area contributed by atoms with Gasteiger partial charge in [0.15, 0.2) is 0 Å². The van der Waals surface area contributed by atoms with E-state index in [1.54, 1.807) is 0 Å². The molecule has 0 aromatic heterocycles. The van der Waals surface area contributed by atoms with Gasteiger partial charge in [0.2, 0.25) is 5.91 Å². The molecule has 4 nitrogen and oxygen atoms in total. The number of carbonyl (C=O) groups excluding carboxylic acids is 1. The Morgan fingerprint density at radius 1 is 1.35 bits per heavy atom. The fourth-order valence-electron chi connectivity index (χ4n) is 3.39. The van der Waals surface area contributed by atoms with E-state index < -0.39 is 5.54 Å². The molecule has 0 radical (unpaired) electrons. The van der Waals surface area contributed by atoms with E-state index in [1.807, 2.05) is 20.8 Å². The van der Waals surface area contributed by atoms with Crippen LogP contribution < -0.4 is 11.1 Å². The quantitative estimate of drug-likeness (QED) is 0.717. The fourth-order valence-corrected chi connectivity index (χ4v) is 3.39. The molecule has 1 saturated carbocycles. The number of amides is 1. The summed E-state index contributed by atoms with van der Waals surface area (Å²) in [7, 11) is 2.17. The molecule has 1 aliphatic rings. The first kappa shape index (κ1) is 17.4. The van der Waals surface area contributed by atoms with Gasteiger partial charge in [0.25, 0.3) is 0 Å². The van der Waals surface area contributed by atoms with E-state index in [-0.39, 0.29) is 11.9 Å². The van der Waals surface area contributed by atoms with Gasteiger partial charge in [-0.15, -0.1) is 0 Å². The highest BCUT2D eigenvalue weighted by Crippen LogP contribution is 2.26. The molecule has 0 aromatic rings. The van der Waals surface area contributed by atoms with E-state index >= 15 is 0 Å². The zero-order valence-corrected chi connectivity index (χ0v) is 13.9. The van der Waals surface area contributed by atoms with Crippen molar-refractivity contribution >= 4 is 5.91 Å². The van der Waals surface area contributed by atoms with Crippen LogP contribution in [0.25, 0.3) is 0 Å². The Morgan fingerprint density at radius 3 is 2.35 bits per heavy atom. The van der Waals surface area contributed by atoms with Crippen molar-refractivity contribution in [3.63, 3.8) is 0 Å². The van der Waals surface area contributed by atoms with E-state index in [2.05, 4.69) is 24.2 Å². The van der Waals surface area contributed by atoms with Crippen LogP contribution in [0, 0.1) is 5.92 Å². The number of hydrogen-bond acceptors (Lipinski definition) is 3. The minimum absolute atomic E-state index is 0.250. The summed E-state index contributed by atoms with van der Waals surface area (Å²) in [4.78, 5) is 14.2. The number of nitrogens with one attached hydrogen (secondary N) is 1. The maximum Gasteiger partial charge on any atom is 0.237 e. The summed E-state index contributed by atoms with van der Waals surface area (Å²) in [6, 6.07) is 0.596. The van der Waals surface area contributed by atoms with Gasteiger partial charge >= 0.3 is 0 Å². The van der Waals surface area contributed by atoms with E-state index in [0.717, 1.165) is 18.9 Å². The summed E-state index contributed by atoms with van der Waals surface area (Å²) in [6.07, 6.45) is 6.22. The molecule has 0 aromatic carbocycles. The molecule has 1 rings (SSSR count). The Balaban J connectivity index is 2.55. The average Bonchev–Trinajstić information content (AvgIpc) is 2.80. The van der Waals surface area contributed by atoms with Crippen LogP contribution in [-0.2, 0) is 4.79 Å². The smallest absolute Gasteiger partial charge is 0.237 e. The zero-order valence-electron chi connectivity index (χ0n) is 13.9. The van der Waals surface area contributed by atoms with Gasteiger partial charge in [-0.2, -0.15) is 0 Å². The monoisotopic (exact) mass is 283 g/mol. The molecule has 2 unspecified atom stereocenters. The predicted molar refractivity (Wildman–Crippen MR) is 84.5 cm³/mol. The van der Waals surface area contributed by atoms with Crippen LogP contribution in [0.5, 0.6) is 0 Å². The van der Waals surface area contributed by atoms with Crippen molar-refractivity contribution in [2.75, 3.05) is 13.6 Å². The number of nitrogens with two attached hydrogens (primary N) is 1. The van der Waals surface area contributed by atoms with Crippen molar-refractivity contribution in [2.45, 2.75) is 77.4 Å². The van der Waals surface area contributed by atoms with E-state index in [9.17, 15) is 4.79 Å². The van der Waals surface area contributed by atoms with Crippen molar-refractivity contribution in [1.82, 2.24) is 10.2 Å². The summed E-state index contributed by atoms with van der Waals surface area (Å²) in [6.45, 7) is 9.35. The first-order valence-electron chi connectivity index (χ1n) is 8.02. The van der Waals surface area contributed by atoms with Crippen molar-refractivity contribution in [3.8, 4) is 0 Å². The van der Waals surface area contributed by atoms with Crippen LogP contribution in [0.2, 0.25) is 0 Å². The van der Waals surface area contributed by atoms with Gasteiger partial charge in [-0.25, -0.2) is 0 Å². The number of nitrogens with zero attached hydrogens (tertiary/aromatic N) is 1. The van der Waals surface area contributed by atoms with E-state index in [1.165, 1.54) is 25.7 Å². The molecule has 0 saturated heterocycles. The second-order valence-corrected chi connectivity index (χ2v) is 7.14. The molecule has 0 heterocycles. The molecule has 0 bridgehead atoms. The minimum atomic E-state index is -0.627. The molecular formula is C16H33N3O. The normalized spacial score (nSPS) is 21.4. The van der Waals surface area contributed by atoms with Gasteiger partial charge < -0.3 is 16.0 Å². The van der Waals surface area contributed by atoms with Gasteiger partial charge in [-0.3, -0.25) is 4.79 Å². The topological polar surface area (TPSA) is 58.4 Å². The number of rotatable bonds is 8. The van der Waals surface area contributed by atoms with Crippen molar-refractivity contribution in [3.05, 3.63) is 0 Å². The van der Waals surface area contributed by atoms with E-state index in [0.29, 0.717) is 6.04 Å². The largest absolute Gasteiger partial charge is 0.368 e. The highest BCUT2D eigenvalue weighted by Gasteiger charge is 2.34. The second-order valence-electron chi connectivity index (χ2n) is 7.14. The number of primary amides is 1.